The second-order valence-corrected chi connectivity index (χ2v) is 6.32. The van der Waals surface area contributed by atoms with Crippen LogP contribution < -0.4 is 5.73 Å². The van der Waals surface area contributed by atoms with Crippen molar-refractivity contribution in [2.24, 2.45) is 12.8 Å². The third-order valence-electron chi connectivity index (χ3n) is 4.23. The van der Waals surface area contributed by atoms with E-state index >= 15 is 0 Å². The number of alkyl halides is 3. The van der Waals surface area contributed by atoms with Crippen LogP contribution in [0.3, 0.4) is 0 Å². The van der Waals surface area contributed by atoms with Gasteiger partial charge in [-0.15, -0.1) is 0 Å². The standard InChI is InChI=1S/C13H13NO2.C8H7F4N/c1-9-8-14(2)12(13(15)16)11(9)10-6-4-3-5-7-10;9-6-2-1-5(4-13)7(3-6)8(10,11)12/h3-8H,1-2H3,(H,15,16);1-3H,4,13H2. The molecule has 0 radical (unpaired) electrons. The lowest BCUT2D eigenvalue weighted by Crippen LogP contribution is -2.12. The second kappa shape index (κ2) is 8.91. The average Bonchev–Trinajstić information content (AvgIpc) is 2.96. The zero-order chi connectivity index (χ0) is 21.8. The molecule has 0 amide bonds. The number of carboxylic acid groups (broad SMARTS) is 1. The van der Waals surface area contributed by atoms with E-state index in [0.717, 1.165) is 28.8 Å². The Morgan fingerprint density at radius 2 is 1.76 bits per heavy atom. The lowest BCUT2D eigenvalue weighted by Gasteiger charge is -2.10. The number of nitrogens with zero attached hydrogens (tertiary/aromatic N) is 1. The molecule has 154 valence electrons. The highest BCUT2D eigenvalue weighted by Crippen LogP contribution is 2.32. The largest absolute Gasteiger partial charge is 0.477 e. The number of nitrogens with two attached hydrogens (primary N) is 1. The molecule has 4 nitrogen and oxygen atoms in total. The molecule has 29 heavy (non-hydrogen) atoms. The highest BCUT2D eigenvalue weighted by Gasteiger charge is 2.33. The summed E-state index contributed by atoms with van der Waals surface area (Å²) in [5, 5.41) is 9.20. The summed E-state index contributed by atoms with van der Waals surface area (Å²) in [7, 11) is 1.75. The molecule has 3 rings (SSSR count). The normalized spacial score (nSPS) is 11.0. The van der Waals surface area contributed by atoms with Gasteiger partial charge >= 0.3 is 12.1 Å². The van der Waals surface area contributed by atoms with Crippen molar-refractivity contribution >= 4 is 5.97 Å². The number of carboxylic acids is 1. The topological polar surface area (TPSA) is 68.2 Å². The van der Waals surface area contributed by atoms with E-state index in [2.05, 4.69) is 0 Å². The molecule has 0 atom stereocenters. The minimum Gasteiger partial charge on any atom is -0.477 e. The number of rotatable bonds is 3. The van der Waals surface area contributed by atoms with Crippen LogP contribution in [0.2, 0.25) is 0 Å². The maximum absolute atomic E-state index is 12.5. The summed E-state index contributed by atoms with van der Waals surface area (Å²) < 4.78 is 50.7. The van der Waals surface area contributed by atoms with Crippen molar-refractivity contribution < 1.29 is 27.5 Å². The lowest BCUT2D eigenvalue weighted by molar-refractivity contribution is -0.138. The predicted molar refractivity (Wildman–Crippen MR) is 102 cm³/mol. The van der Waals surface area contributed by atoms with Crippen LogP contribution in [0.25, 0.3) is 11.1 Å². The number of benzene rings is 2. The van der Waals surface area contributed by atoms with Crippen molar-refractivity contribution in [1.82, 2.24) is 4.57 Å². The summed E-state index contributed by atoms with van der Waals surface area (Å²) in [6, 6.07) is 12.0. The Labute approximate surface area is 165 Å². The fraction of sp³-hybridized carbons (Fsp3) is 0.190. The zero-order valence-corrected chi connectivity index (χ0v) is 15.8. The molecule has 0 unspecified atom stereocenters. The van der Waals surface area contributed by atoms with Gasteiger partial charge in [0.25, 0.3) is 0 Å². The van der Waals surface area contributed by atoms with Crippen molar-refractivity contribution in [2.45, 2.75) is 19.6 Å². The van der Waals surface area contributed by atoms with Gasteiger partial charge in [-0.2, -0.15) is 13.2 Å². The number of aromatic carboxylic acids is 1. The Hall–Kier alpha value is -3.13. The van der Waals surface area contributed by atoms with Gasteiger partial charge in [-0.1, -0.05) is 36.4 Å². The van der Waals surface area contributed by atoms with Crippen LogP contribution in [0.15, 0.2) is 54.7 Å². The summed E-state index contributed by atoms with van der Waals surface area (Å²) in [6.07, 6.45) is -2.71. The molecule has 0 aliphatic rings. The molecule has 1 aromatic heterocycles. The monoisotopic (exact) mass is 408 g/mol. The van der Waals surface area contributed by atoms with E-state index in [1.54, 1.807) is 11.6 Å². The van der Waals surface area contributed by atoms with Crippen LogP contribution in [-0.2, 0) is 19.8 Å². The average molecular weight is 408 g/mol. The van der Waals surface area contributed by atoms with Gasteiger partial charge < -0.3 is 15.4 Å². The van der Waals surface area contributed by atoms with Gasteiger partial charge in [-0.3, -0.25) is 0 Å². The first kappa shape index (κ1) is 22.2. The van der Waals surface area contributed by atoms with Gasteiger partial charge in [0.15, 0.2) is 0 Å². The molecule has 2 aromatic carbocycles. The molecule has 3 N–H and O–H groups in total. The third kappa shape index (κ3) is 5.23. The number of aromatic nitrogens is 1. The lowest BCUT2D eigenvalue weighted by atomic mass is 10.0. The van der Waals surface area contributed by atoms with Crippen LogP contribution in [0.5, 0.6) is 0 Å². The van der Waals surface area contributed by atoms with Crippen molar-refractivity contribution in [3.05, 3.63) is 82.9 Å². The van der Waals surface area contributed by atoms with Gasteiger partial charge in [0, 0.05) is 25.4 Å². The zero-order valence-electron chi connectivity index (χ0n) is 15.8. The maximum atomic E-state index is 12.5. The van der Waals surface area contributed by atoms with Crippen LogP contribution in [0, 0.1) is 12.7 Å². The van der Waals surface area contributed by atoms with Crippen LogP contribution in [-0.4, -0.2) is 15.6 Å². The Bertz CT molecular complexity index is 996. The van der Waals surface area contributed by atoms with E-state index in [4.69, 9.17) is 5.73 Å². The first-order valence-electron chi connectivity index (χ1n) is 8.56. The summed E-state index contributed by atoms with van der Waals surface area (Å²) in [5.41, 5.74) is 7.03. The Morgan fingerprint density at radius 1 is 1.14 bits per heavy atom. The fourth-order valence-corrected chi connectivity index (χ4v) is 3.00. The van der Waals surface area contributed by atoms with Crippen LogP contribution in [0.1, 0.15) is 27.2 Å². The van der Waals surface area contributed by atoms with Crippen LogP contribution >= 0.6 is 0 Å². The Balaban J connectivity index is 0.000000212. The molecule has 0 aliphatic heterocycles. The predicted octanol–water partition coefficient (Wildman–Crippen LogP) is 5.00. The van der Waals surface area contributed by atoms with Gasteiger partial charge in [0.1, 0.15) is 11.5 Å². The molecule has 0 aliphatic carbocycles. The number of hydrogen-bond donors (Lipinski definition) is 2. The van der Waals surface area contributed by atoms with E-state index < -0.39 is 23.5 Å². The number of hydrogen-bond acceptors (Lipinski definition) is 2. The van der Waals surface area contributed by atoms with Gasteiger partial charge in [0.05, 0.1) is 5.56 Å². The van der Waals surface area contributed by atoms with Gasteiger partial charge in [-0.25, -0.2) is 9.18 Å². The summed E-state index contributed by atoms with van der Waals surface area (Å²) in [5.74, 6) is -1.81. The second-order valence-electron chi connectivity index (χ2n) is 6.32. The first-order valence-corrected chi connectivity index (χ1v) is 8.56. The summed E-state index contributed by atoms with van der Waals surface area (Å²) in [4.78, 5) is 11.2. The van der Waals surface area contributed by atoms with Gasteiger partial charge in [-0.05, 0) is 35.7 Å². The van der Waals surface area contributed by atoms with E-state index in [0.29, 0.717) is 11.8 Å². The molecule has 0 saturated heterocycles. The molecule has 0 spiro atoms. The van der Waals surface area contributed by atoms with Crippen molar-refractivity contribution in [1.29, 1.82) is 0 Å². The molecular formula is C21H20F4N2O2. The van der Waals surface area contributed by atoms with E-state index in [1.165, 1.54) is 0 Å². The SMILES string of the molecule is Cc1cn(C)c(C(=O)O)c1-c1ccccc1.NCc1ccc(F)cc1C(F)(F)F. The molecule has 3 aromatic rings. The molecule has 0 bridgehead atoms. The minimum atomic E-state index is -4.54. The number of aryl methyl sites for hydroxylation is 2. The molecule has 0 saturated carbocycles. The van der Waals surface area contributed by atoms with Crippen LogP contribution in [0.4, 0.5) is 17.6 Å². The minimum absolute atomic E-state index is 0.103. The first-order chi connectivity index (χ1) is 13.6. The number of carbonyl (C=O) groups is 1. The molecule has 1 heterocycles. The quantitative estimate of drug-likeness (QED) is 0.599. The van der Waals surface area contributed by atoms with E-state index in [-0.39, 0.29) is 12.1 Å². The number of halogens is 4. The van der Waals surface area contributed by atoms with Crippen molar-refractivity contribution in [3.8, 4) is 11.1 Å². The molecule has 0 fully saturated rings. The Morgan fingerprint density at radius 3 is 2.28 bits per heavy atom. The van der Waals surface area contributed by atoms with Gasteiger partial charge in [0.2, 0.25) is 0 Å². The highest BCUT2D eigenvalue weighted by atomic mass is 19.4. The highest BCUT2D eigenvalue weighted by molar-refractivity contribution is 5.95. The molecule has 8 heteroatoms. The smallest absolute Gasteiger partial charge is 0.416 e. The van der Waals surface area contributed by atoms with E-state index in [9.17, 15) is 27.5 Å². The summed E-state index contributed by atoms with van der Waals surface area (Å²) in [6.45, 7) is 1.67. The summed E-state index contributed by atoms with van der Waals surface area (Å²) >= 11 is 0. The van der Waals surface area contributed by atoms with Crippen molar-refractivity contribution in [2.75, 3.05) is 0 Å². The fourth-order valence-electron chi connectivity index (χ4n) is 3.00. The molecular weight excluding hydrogens is 388 g/mol. The Kier molecular flexibility index (Phi) is 6.81. The third-order valence-corrected chi connectivity index (χ3v) is 4.23. The van der Waals surface area contributed by atoms with E-state index in [1.807, 2.05) is 43.5 Å². The maximum Gasteiger partial charge on any atom is 0.416 e. The van der Waals surface area contributed by atoms with Crippen molar-refractivity contribution in [3.63, 3.8) is 0 Å².